The smallest absolute Gasteiger partial charge is 0.410 e. The number of carbonyl (C=O) groups is 1. The van der Waals surface area contributed by atoms with Gasteiger partial charge in [-0.15, -0.1) is 0 Å². The standard InChI is InChI=1S/C35H48ClN5O4Si/c1-12-13-30(40-43-19-18-41(11)34(42)44-35(8,9)10)26-14-16-31-28(20-26)33(38-22-37-31)39-27-15-17-32(29(36)21-27)45-46(23(2)3,24(4)5)25(6)7/h14-17,20-25H,18-19H2,1-11H3,(H,37,38,39)/b40-30+. The van der Waals surface area contributed by atoms with E-state index in [4.69, 9.17) is 25.6 Å². The third-order valence-corrected chi connectivity index (χ3v) is 14.0. The van der Waals surface area contributed by atoms with Crippen molar-refractivity contribution in [2.24, 2.45) is 5.16 Å². The number of benzene rings is 2. The number of carbonyl (C=O) groups excluding carboxylic acids is 1. The molecule has 248 valence electrons. The van der Waals surface area contributed by atoms with E-state index in [0.717, 1.165) is 22.2 Å². The Kier molecular flexibility index (Phi) is 12.5. The molecule has 0 spiro atoms. The van der Waals surface area contributed by atoms with Gasteiger partial charge in [0.2, 0.25) is 0 Å². The van der Waals surface area contributed by atoms with Crippen LogP contribution < -0.4 is 9.74 Å². The Balaban J connectivity index is 1.83. The van der Waals surface area contributed by atoms with Crippen LogP contribution in [-0.2, 0) is 9.57 Å². The second-order valence-corrected chi connectivity index (χ2v) is 19.0. The van der Waals surface area contributed by atoms with Crippen LogP contribution in [0.3, 0.4) is 0 Å². The number of halogens is 1. The quantitative estimate of drug-likeness (QED) is 0.0677. The first-order valence-electron chi connectivity index (χ1n) is 15.7. The van der Waals surface area contributed by atoms with Crippen LogP contribution in [0.2, 0.25) is 21.6 Å². The van der Waals surface area contributed by atoms with Crippen molar-refractivity contribution in [2.75, 3.05) is 25.5 Å². The Morgan fingerprint density at radius 2 is 1.72 bits per heavy atom. The van der Waals surface area contributed by atoms with Gasteiger partial charge in [-0.2, -0.15) is 0 Å². The van der Waals surface area contributed by atoms with E-state index < -0.39 is 20.0 Å². The molecule has 3 rings (SSSR count). The van der Waals surface area contributed by atoms with Gasteiger partial charge in [0.05, 0.1) is 17.1 Å². The van der Waals surface area contributed by atoms with E-state index in [2.05, 4.69) is 73.8 Å². The third-order valence-electron chi connectivity index (χ3n) is 7.72. The number of aromatic nitrogens is 2. The zero-order valence-corrected chi connectivity index (χ0v) is 30.7. The van der Waals surface area contributed by atoms with E-state index in [1.807, 2.05) is 57.2 Å². The maximum atomic E-state index is 12.2. The molecule has 0 aliphatic rings. The van der Waals surface area contributed by atoms with Gasteiger partial charge in [0, 0.05) is 23.7 Å². The number of hydrogen-bond acceptors (Lipinski definition) is 8. The summed E-state index contributed by atoms with van der Waals surface area (Å²) >= 11 is 6.81. The van der Waals surface area contributed by atoms with Gasteiger partial charge in [0.15, 0.2) is 5.71 Å². The maximum Gasteiger partial charge on any atom is 0.410 e. The number of nitrogens with zero attached hydrogens (tertiary/aromatic N) is 4. The molecule has 9 nitrogen and oxygen atoms in total. The number of nitrogens with one attached hydrogen (secondary N) is 1. The lowest BCUT2D eigenvalue weighted by atomic mass is 10.1. The Bertz CT molecular complexity index is 1590. The molecule has 1 N–H and O–H groups in total. The number of rotatable bonds is 12. The normalized spacial score (nSPS) is 12.3. The number of oxime groups is 1. The van der Waals surface area contributed by atoms with Crippen LogP contribution in [-0.4, -0.2) is 60.8 Å². The maximum absolute atomic E-state index is 12.2. The SMILES string of the molecule is CC#C/C(=N\OCCN(C)C(=O)OC(C)(C)C)c1ccc2ncnc(Nc3ccc(O[Si](C(C)C)(C(C)C)C(C)C)c(Cl)c3)c2c1. The minimum Gasteiger partial charge on any atom is -0.542 e. The van der Waals surface area contributed by atoms with Gasteiger partial charge in [0.1, 0.15) is 30.1 Å². The van der Waals surface area contributed by atoms with Gasteiger partial charge in [-0.3, -0.25) is 0 Å². The topological polar surface area (TPSA) is 98.2 Å². The molecule has 0 saturated carbocycles. The van der Waals surface area contributed by atoms with Gasteiger partial charge in [-0.1, -0.05) is 64.2 Å². The summed E-state index contributed by atoms with van der Waals surface area (Å²) in [5, 5.41) is 8.99. The highest BCUT2D eigenvalue weighted by Crippen LogP contribution is 2.44. The Labute approximate surface area is 280 Å². The summed E-state index contributed by atoms with van der Waals surface area (Å²) in [5.41, 5.74) is 3.41. The summed E-state index contributed by atoms with van der Waals surface area (Å²) in [4.78, 5) is 28.2. The summed E-state index contributed by atoms with van der Waals surface area (Å²) in [6.45, 7) is 21.2. The van der Waals surface area contributed by atoms with Gasteiger partial charge < -0.3 is 24.2 Å². The summed E-state index contributed by atoms with van der Waals surface area (Å²) in [6.07, 6.45) is 1.09. The lowest BCUT2D eigenvalue weighted by Gasteiger charge is -2.42. The van der Waals surface area contributed by atoms with E-state index in [9.17, 15) is 4.79 Å². The van der Waals surface area contributed by atoms with Crippen molar-refractivity contribution < 1.29 is 18.8 Å². The fourth-order valence-electron chi connectivity index (χ4n) is 5.63. The molecule has 1 aromatic heterocycles. The zero-order chi connectivity index (χ0) is 34.2. The zero-order valence-electron chi connectivity index (χ0n) is 29.0. The molecule has 0 unspecified atom stereocenters. The first-order chi connectivity index (χ1) is 21.6. The molecule has 0 aliphatic carbocycles. The highest BCUT2D eigenvalue weighted by molar-refractivity contribution is 6.78. The van der Waals surface area contributed by atoms with Crippen molar-refractivity contribution in [2.45, 2.75) is 91.5 Å². The van der Waals surface area contributed by atoms with Crippen molar-refractivity contribution in [1.82, 2.24) is 14.9 Å². The van der Waals surface area contributed by atoms with E-state index >= 15 is 0 Å². The highest BCUT2D eigenvalue weighted by atomic mass is 35.5. The monoisotopic (exact) mass is 665 g/mol. The number of hydrogen-bond donors (Lipinski definition) is 1. The molecular weight excluding hydrogens is 618 g/mol. The lowest BCUT2D eigenvalue weighted by Crippen LogP contribution is -2.50. The van der Waals surface area contributed by atoms with Crippen LogP contribution >= 0.6 is 11.6 Å². The number of fused-ring (bicyclic) bond motifs is 1. The first-order valence-corrected chi connectivity index (χ1v) is 18.2. The Hall–Kier alpha value is -3.81. The number of likely N-dealkylation sites (N-methyl/N-ethyl adjacent to an activating group) is 1. The molecule has 0 bridgehead atoms. The molecule has 11 heteroatoms. The summed E-state index contributed by atoms with van der Waals surface area (Å²) in [6, 6.07) is 11.5. The van der Waals surface area contributed by atoms with Gasteiger partial charge in [-0.25, -0.2) is 14.8 Å². The van der Waals surface area contributed by atoms with E-state index in [0.29, 0.717) is 45.5 Å². The van der Waals surface area contributed by atoms with Crippen LogP contribution in [0.5, 0.6) is 5.75 Å². The average molecular weight is 666 g/mol. The predicted molar refractivity (Wildman–Crippen MR) is 191 cm³/mol. The number of amides is 1. The van der Waals surface area contributed by atoms with Crippen molar-refractivity contribution in [3.05, 3.63) is 53.3 Å². The average Bonchev–Trinajstić information content (AvgIpc) is 2.96. The third kappa shape index (κ3) is 9.14. The molecular formula is C35H48ClN5O4Si. The molecule has 1 amide bonds. The van der Waals surface area contributed by atoms with E-state index in [1.54, 1.807) is 14.0 Å². The number of ether oxygens (including phenoxy) is 1. The Morgan fingerprint density at radius 3 is 2.30 bits per heavy atom. The second kappa shape index (κ2) is 15.7. The molecule has 0 aliphatic heterocycles. The van der Waals surface area contributed by atoms with Crippen molar-refractivity contribution >= 4 is 54.1 Å². The van der Waals surface area contributed by atoms with Gasteiger partial charge in [-0.05, 0) is 86.6 Å². The summed E-state index contributed by atoms with van der Waals surface area (Å²) in [7, 11) is -0.514. The van der Waals surface area contributed by atoms with E-state index in [1.165, 1.54) is 11.2 Å². The first kappa shape index (κ1) is 36.7. The largest absolute Gasteiger partial charge is 0.542 e. The van der Waals surface area contributed by atoms with Gasteiger partial charge in [0.25, 0.3) is 8.32 Å². The van der Waals surface area contributed by atoms with Crippen LogP contribution in [0, 0.1) is 11.8 Å². The predicted octanol–water partition coefficient (Wildman–Crippen LogP) is 9.19. The van der Waals surface area contributed by atoms with Crippen molar-refractivity contribution in [3.8, 4) is 17.6 Å². The minimum atomic E-state index is -2.16. The van der Waals surface area contributed by atoms with Gasteiger partial charge >= 0.3 is 6.09 Å². The van der Waals surface area contributed by atoms with E-state index in [-0.39, 0.29) is 6.61 Å². The highest BCUT2D eigenvalue weighted by Gasteiger charge is 2.47. The molecule has 0 atom stereocenters. The van der Waals surface area contributed by atoms with Crippen LogP contribution in [0.15, 0.2) is 47.9 Å². The summed E-state index contributed by atoms with van der Waals surface area (Å²) in [5.74, 6) is 7.22. The fourth-order valence-corrected chi connectivity index (χ4v) is 11.2. The fraction of sp³-hybridized carbons (Fsp3) is 0.486. The molecule has 0 fully saturated rings. The molecule has 46 heavy (non-hydrogen) atoms. The molecule has 0 saturated heterocycles. The summed E-state index contributed by atoms with van der Waals surface area (Å²) < 4.78 is 12.2. The van der Waals surface area contributed by atoms with Crippen molar-refractivity contribution in [1.29, 1.82) is 0 Å². The van der Waals surface area contributed by atoms with Crippen LogP contribution in [0.25, 0.3) is 10.9 Å². The lowest BCUT2D eigenvalue weighted by molar-refractivity contribution is 0.0236. The van der Waals surface area contributed by atoms with Crippen molar-refractivity contribution in [3.63, 3.8) is 0 Å². The molecule has 1 heterocycles. The van der Waals surface area contributed by atoms with Crippen LogP contribution in [0.4, 0.5) is 16.3 Å². The molecule has 3 aromatic rings. The number of anilines is 2. The molecule has 0 radical (unpaired) electrons. The second-order valence-electron chi connectivity index (χ2n) is 13.2. The van der Waals surface area contributed by atoms with Crippen LogP contribution in [0.1, 0.15) is 74.8 Å². The molecule has 2 aromatic carbocycles. The minimum absolute atomic E-state index is 0.170. The Morgan fingerprint density at radius 1 is 1.04 bits per heavy atom.